The molecular formula is C23H24FN3OS. The van der Waals surface area contributed by atoms with Crippen molar-refractivity contribution in [1.82, 2.24) is 9.99 Å². The number of amides is 1. The van der Waals surface area contributed by atoms with Crippen LogP contribution < -0.4 is 5.43 Å². The van der Waals surface area contributed by atoms with Crippen molar-refractivity contribution in [2.24, 2.45) is 5.10 Å². The Bertz CT molecular complexity index is 1010. The van der Waals surface area contributed by atoms with Gasteiger partial charge in [0.2, 0.25) is 0 Å². The minimum Gasteiger partial charge on any atom is -0.315 e. The monoisotopic (exact) mass is 409 g/mol. The van der Waals surface area contributed by atoms with Crippen LogP contribution in [0.25, 0.3) is 5.69 Å². The second kappa shape index (κ2) is 9.56. The number of hydrazone groups is 1. The van der Waals surface area contributed by atoms with E-state index in [4.69, 9.17) is 0 Å². The highest BCUT2D eigenvalue weighted by Crippen LogP contribution is 2.22. The summed E-state index contributed by atoms with van der Waals surface area (Å²) in [6.07, 6.45) is 1.60. The molecule has 0 radical (unpaired) electrons. The maximum absolute atomic E-state index is 14.2. The van der Waals surface area contributed by atoms with Crippen LogP contribution >= 0.6 is 11.8 Å². The Labute approximate surface area is 174 Å². The van der Waals surface area contributed by atoms with Crippen LogP contribution in [-0.2, 0) is 10.5 Å². The van der Waals surface area contributed by atoms with E-state index >= 15 is 0 Å². The molecule has 0 aliphatic rings. The van der Waals surface area contributed by atoms with Crippen molar-refractivity contribution in [2.45, 2.75) is 31.8 Å². The standard InChI is InChI=1S/C23H24FN3OS/c1-16-13-20(17(2)27(16)22-12-8-7-11-21(22)24)14-25-26-23(28)18(3)29-15-19-9-5-4-6-10-19/h4-14,18H,15H2,1-3H3,(H,26,28)/b25-14+. The number of hydrogen-bond acceptors (Lipinski definition) is 3. The first kappa shape index (κ1) is 20.9. The number of benzene rings is 2. The summed E-state index contributed by atoms with van der Waals surface area (Å²) in [6, 6.07) is 18.6. The molecule has 6 heteroatoms. The van der Waals surface area contributed by atoms with Crippen LogP contribution in [0.15, 0.2) is 65.8 Å². The lowest BCUT2D eigenvalue weighted by atomic mass is 10.2. The highest BCUT2D eigenvalue weighted by Gasteiger charge is 2.14. The van der Waals surface area contributed by atoms with Gasteiger partial charge in [0.15, 0.2) is 0 Å². The van der Waals surface area contributed by atoms with E-state index in [-0.39, 0.29) is 17.0 Å². The van der Waals surface area contributed by atoms with Gasteiger partial charge in [-0.15, -0.1) is 11.8 Å². The lowest BCUT2D eigenvalue weighted by molar-refractivity contribution is -0.120. The van der Waals surface area contributed by atoms with E-state index in [1.165, 1.54) is 11.6 Å². The van der Waals surface area contributed by atoms with E-state index in [1.807, 2.05) is 61.7 Å². The molecule has 0 aliphatic carbocycles. The Kier molecular flexibility index (Phi) is 6.88. The van der Waals surface area contributed by atoms with Crippen LogP contribution in [0.2, 0.25) is 0 Å². The van der Waals surface area contributed by atoms with Gasteiger partial charge >= 0.3 is 0 Å². The molecule has 0 fully saturated rings. The maximum Gasteiger partial charge on any atom is 0.252 e. The average Bonchev–Trinajstić information content (AvgIpc) is 3.00. The van der Waals surface area contributed by atoms with Gasteiger partial charge in [0.1, 0.15) is 5.82 Å². The van der Waals surface area contributed by atoms with Gasteiger partial charge in [0, 0.05) is 22.7 Å². The van der Waals surface area contributed by atoms with Crippen molar-refractivity contribution in [3.8, 4) is 5.69 Å². The quantitative estimate of drug-likeness (QED) is 0.441. The Morgan fingerprint density at radius 2 is 1.86 bits per heavy atom. The van der Waals surface area contributed by atoms with Crippen LogP contribution in [-0.4, -0.2) is 21.9 Å². The van der Waals surface area contributed by atoms with Gasteiger partial charge in [-0.1, -0.05) is 42.5 Å². The third-order valence-electron chi connectivity index (χ3n) is 4.65. The van der Waals surface area contributed by atoms with E-state index in [0.29, 0.717) is 5.69 Å². The van der Waals surface area contributed by atoms with Crippen LogP contribution in [0.3, 0.4) is 0 Å². The molecule has 29 heavy (non-hydrogen) atoms. The summed E-state index contributed by atoms with van der Waals surface area (Å²) < 4.78 is 16.0. The van der Waals surface area contributed by atoms with Crippen molar-refractivity contribution in [1.29, 1.82) is 0 Å². The lowest BCUT2D eigenvalue weighted by Gasteiger charge is -2.10. The summed E-state index contributed by atoms with van der Waals surface area (Å²) >= 11 is 1.56. The molecule has 0 saturated carbocycles. The van der Waals surface area contributed by atoms with Gasteiger partial charge in [-0.2, -0.15) is 5.10 Å². The fourth-order valence-corrected chi connectivity index (χ4v) is 3.89. The third kappa shape index (κ3) is 5.15. The Morgan fingerprint density at radius 1 is 1.17 bits per heavy atom. The highest BCUT2D eigenvalue weighted by atomic mass is 32.2. The van der Waals surface area contributed by atoms with Crippen molar-refractivity contribution in [3.05, 3.63) is 89.0 Å². The van der Waals surface area contributed by atoms with Crippen molar-refractivity contribution < 1.29 is 9.18 Å². The SMILES string of the molecule is Cc1cc(/C=N/NC(=O)C(C)SCc2ccccc2)c(C)n1-c1ccccc1F. The van der Waals surface area contributed by atoms with E-state index in [9.17, 15) is 9.18 Å². The topological polar surface area (TPSA) is 46.4 Å². The largest absolute Gasteiger partial charge is 0.315 e. The van der Waals surface area contributed by atoms with Crippen molar-refractivity contribution in [3.63, 3.8) is 0 Å². The van der Waals surface area contributed by atoms with E-state index < -0.39 is 0 Å². The molecule has 1 aromatic heterocycles. The first-order valence-electron chi connectivity index (χ1n) is 9.39. The van der Waals surface area contributed by atoms with Crippen LogP contribution in [0.5, 0.6) is 0 Å². The Morgan fingerprint density at radius 3 is 2.59 bits per heavy atom. The number of para-hydroxylation sites is 1. The van der Waals surface area contributed by atoms with Gasteiger partial charge < -0.3 is 4.57 Å². The molecule has 2 aromatic carbocycles. The smallest absolute Gasteiger partial charge is 0.252 e. The number of carbonyl (C=O) groups excluding carboxylic acids is 1. The third-order valence-corrected chi connectivity index (χ3v) is 5.87. The summed E-state index contributed by atoms with van der Waals surface area (Å²) in [5.74, 6) is 0.337. The van der Waals surface area contributed by atoms with E-state index in [1.54, 1.807) is 36.2 Å². The highest BCUT2D eigenvalue weighted by molar-refractivity contribution is 7.99. The summed E-state index contributed by atoms with van der Waals surface area (Å²) in [5.41, 5.74) is 6.86. The molecule has 0 aliphatic heterocycles. The minimum atomic E-state index is -0.282. The fraction of sp³-hybridized carbons (Fsp3) is 0.217. The van der Waals surface area contributed by atoms with Crippen LogP contribution in [0.1, 0.15) is 29.4 Å². The molecule has 0 saturated heterocycles. The van der Waals surface area contributed by atoms with Crippen LogP contribution in [0, 0.1) is 19.7 Å². The molecule has 1 unspecified atom stereocenters. The molecule has 0 spiro atoms. The van der Waals surface area contributed by atoms with E-state index in [0.717, 1.165) is 22.7 Å². The molecule has 1 N–H and O–H groups in total. The summed E-state index contributed by atoms with van der Waals surface area (Å²) in [4.78, 5) is 12.3. The summed E-state index contributed by atoms with van der Waals surface area (Å²) in [5, 5.41) is 3.88. The van der Waals surface area contributed by atoms with E-state index in [2.05, 4.69) is 10.5 Å². The van der Waals surface area contributed by atoms with Gasteiger partial charge in [-0.25, -0.2) is 9.82 Å². The Hall–Kier alpha value is -2.86. The van der Waals surface area contributed by atoms with Gasteiger partial charge in [0.05, 0.1) is 17.2 Å². The number of rotatable bonds is 7. The number of nitrogens with zero attached hydrogens (tertiary/aromatic N) is 2. The molecule has 3 rings (SSSR count). The normalized spacial score (nSPS) is 12.3. The zero-order valence-electron chi connectivity index (χ0n) is 16.7. The van der Waals surface area contributed by atoms with Crippen molar-refractivity contribution >= 4 is 23.9 Å². The predicted octanol–water partition coefficient (Wildman–Crippen LogP) is 5.01. The second-order valence-electron chi connectivity index (χ2n) is 6.79. The minimum absolute atomic E-state index is 0.148. The lowest BCUT2D eigenvalue weighted by Crippen LogP contribution is -2.27. The number of aromatic nitrogens is 1. The molecule has 3 aromatic rings. The predicted molar refractivity (Wildman–Crippen MR) is 118 cm³/mol. The number of aryl methyl sites for hydroxylation is 1. The zero-order valence-corrected chi connectivity index (χ0v) is 17.5. The van der Waals surface area contributed by atoms with Crippen molar-refractivity contribution in [2.75, 3.05) is 0 Å². The maximum atomic E-state index is 14.2. The molecule has 1 amide bonds. The number of thioether (sulfide) groups is 1. The fourth-order valence-electron chi connectivity index (χ4n) is 3.05. The number of hydrogen-bond donors (Lipinski definition) is 1. The summed E-state index contributed by atoms with van der Waals surface area (Å²) in [6.45, 7) is 5.68. The molecule has 0 bridgehead atoms. The van der Waals surface area contributed by atoms with Gasteiger partial charge in [-0.3, -0.25) is 4.79 Å². The first-order chi connectivity index (χ1) is 14.0. The molecule has 1 heterocycles. The first-order valence-corrected chi connectivity index (χ1v) is 10.4. The Balaban J connectivity index is 1.62. The van der Waals surface area contributed by atoms with Crippen LogP contribution in [0.4, 0.5) is 4.39 Å². The molecular weight excluding hydrogens is 385 g/mol. The second-order valence-corrected chi connectivity index (χ2v) is 8.12. The zero-order chi connectivity index (χ0) is 20.8. The number of carbonyl (C=O) groups is 1. The number of nitrogens with one attached hydrogen (secondary N) is 1. The summed E-state index contributed by atoms with van der Waals surface area (Å²) in [7, 11) is 0. The number of halogens is 1. The average molecular weight is 410 g/mol. The van der Waals surface area contributed by atoms with Gasteiger partial charge in [0.25, 0.3) is 5.91 Å². The van der Waals surface area contributed by atoms with Gasteiger partial charge in [-0.05, 0) is 44.5 Å². The molecule has 1 atom stereocenters. The molecule has 4 nitrogen and oxygen atoms in total. The molecule has 150 valence electrons.